The van der Waals surface area contributed by atoms with Crippen LogP contribution in [0.25, 0.3) is 0 Å². The van der Waals surface area contributed by atoms with Crippen LogP contribution in [0.5, 0.6) is 0 Å². The zero-order valence-corrected chi connectivity index (χ0v) is 9.58. The molecule has 0 unspecified atom stereocenters. The van der Waals surface area contributed by atoms with Gasteiger partial charge in [-0.25, -0.2) is 0 Å². The van der Waals surface area contributed by atoms with Crippen LogP contribution in [0.15, 0.2) is 12.2 Å². The lowest BCUT2D eigenvalue weighted by Crippen LogP contribution is -2.16. The van der Waals surface area contributed by atoms with Gasteiger partial charge in [-0.1, -0.05) is 12.2 Å². The van der Waals surface area contributed by atoms with E-state index in [1.54, 1.807) is 0 Å². The molecule has 1 heterocycles. The molecule has 1 saturated carbocycles. The van der Waals surface area contributed by atoms with Crippen LogP contribution in [0.3, 0.4) is 0 Å². The lowest BCUT2D eigenvalue weighted by molar-refractivity contribution is 0.0672. The van der Waals surface area contributed by atoms with Gasteiger partial charge in [-0.3, -0.25) is 0 Å². The molecule has 2 nitrogen and oxygen atoms in total. The zero-order valence-electron chi connectivity index (χ0n) is 9.58. The van der Waals surface area contributed by atoms with Crippen LogP contribution in [0, 0.1) is 5.92 Å². The van der Waals surface area contributed by atoms with Gasteiger partial charge in [0.15, 0.2) is 0 Å². The third-order valence-corrected chi connectivity index (χ3v) is 3.30. The molecule has 2 rings (SSSR count). The van der Waals surface area contributed by atoms with Crippen LogP contribution in [0.4, 0.5) is 0 Å². The summed E-state index contributed by atoms with van der Waals surface area (Å²) in [5, 5.41) is 3.52. The van der Waals surface area contributed by atoms with Crippen molar-refractivity contribution in [1.82, 2.24) is 5.32 Å². The van der Waals surface area contributed by atoms with Crippen LogP contribution < -0.4 is 5.32 Å². The van der Waals surface area contributed by atoms with Crippen LogP contribution in [0.2, 0.25) is 0 Å². The lowest BCUT2D eigenvalue weighted by Gasteiger charge is -2.20. The van der Waals surface area contributed by atoms with Crippen LogP contribution >= 0.6 is 0 Å². The van der Waals surface area contributed by atoms with Crippen molar-refractivity contribution in [2.45, 2.75) is 44.6 Å². The molecular weight excluding hydrogens is 186 g/mol. The van der Waals surface area contributed by atoms with Crippen molar-refractivity contribution in [3.8, 4) is 0 Å². The molecular formula is C13H23NO. The minimum atomic E-state index is 0.855. The molecule has 1 aliphatic carbocycles. The van der Waals surface area contributed by atoms with E-state index in [0.717, 1.165) is 31.7 Å². The predicted molar refractivity (Wildman–Crippen MR) is 62.9 cm³/mol. The molecule has 0 spiro atoms. The van der Waals surface area contributed by atoms with E-state index in [2.05, 4.69) is 17.5 Å². The summed E-state index contributed by atoms with van der Waals surface area (Å²) < 4.78 is 5.34. The molecule has 2 fully saturated rings. The monoisotopic (exact) mass is 209 g/mol. The Hall–Kier alpha value is -0.340. The van der Waals surface area contributed by atoms with Crippen LogP contribution in [0.1, 0.15) is 38.5 Å². The number of hydrogen-bond acceptors (Lipinski definition) is 2. The highest BCUT2D eigenvalue weighted by molar-refractivity contribution is 4.87. The summed E-state index contributed by atoms with van der Waals surface area (Å²) in [4.78, 5) is 0. The molecule has 0 radical (unpaired) electrons. The van der Waals surface area contributed by atoms with Crippen molar-refractivity contribution >= 4 is 0 Å². The first-order valence-electron chi connectivity index (χ1n) is 6.41. The smallest absolute Gasteiger partial charge is 0.0468 e. The topological polar surface area (TPSA) is 21.3 Å². The second-order valence-electron chi connectivity index (χ2n) is 4.78. The fourth-order valence-corrected chi connectivity index (χ4v) is 2.05. The van der Waals surface area contributed by atoms with Crippen molar-refractivity contribution in [1.29, 1.82) is 0 Å². The molecule has 0 aromatic rings. The third kappa shape index (κ3) is 4.80. The van der Waals surface area contributed by atoms with Gasteiger partial charge in [0.25, 0.3) is 0 Å². The Morgan fingerprint density at radius 1 is 1.07 bits per heavy atom. The minimum absolute atomic E-state index is 0.855. The maximum atomic E-state index is 5.34. The molecule has 0 bridgehead atoms. The zero-order chi connectivity index (χ0) is 10.3. The maximum Gasteiger partial charge on any atom is 0.0468 e. The Morgan fingerprint density at radius 2 is 1.87 bits per heavy atom. The highest BCUT2D eigenvalue weighted by atomic mass is 16.5. The van der Waals surface area contributed by atoms with Gasteiger partial charge in [0, 0.05) is 19.3 Å². The number of allylic oxidation sites excluding steroid dienone is 1. The Bertz CT molecular complexity index is 193. The highest BCUT2D eigenvalue weighted by Gasteiger charge is 2.19. The quantitative estimate of drug-likeness (QED) is 0.536. The van der Waals surface area contributed by atoms with E-state index >= 15 is 0 Å². The molecule has 1 saturated heterocycles. The Morgan fingerprint density at radius 3 is 2.60 bits per heavy atom. The molecule has 15 heavy (non-hydrogen) atoms. The summed E-state index contributed by atoms with van der Waals surface area (Å²) in [6.45, 7) is 3.11. The molecule has 0 aromatic heterocycles. The average molecular weight is 209 g/mol. The van der Waals surface area contributed by atoms with E-state index in [-0.39, 0.29) is 0 Å². The average Bonchev–Trinajstić information content (AvgIpc) is 3.09. The molecule has 0 aromatic carbocycles. The molecule has 0 atom stereocenters. The maximum absolute atomic E-state index is 5.34. The van der Waals surface area contributed by atoms with Crippen molar-refractivity contribution in [2.75, 3.05) is 19.8 Å². The summed E-state index contributed by atoms with van der Waals surface area (Å²) in [6, 6.07) is 0.855. The van der Waals surface area contributed by atoms with E-state index in [1.807, 2.05) is 0 Å². The van der Waals surface area contributed by atoms with Gasteiger partial charge in [-0.15, -0.1) is 0 Å². The standard InChI is InChI=1S/C13H23NO/c1(3-9-14-13-5-6-13)2-4-12-7-10-15-11-8-12/h1-2,12-14H,3-11H2. The predicted octanol–water partition coefficient (Wildman–Crippen LogP) is 2.50. The fraction of sp³-hybridized carbons (Fsp3) is 0.846. The number of nitrogens with one attached hydrogen (secondary N) is 1. The van der Waals surface area contributed by atoms with Crippen LogP contribution in [-0.2, 0) is 4.74 Å². The van der Waals surface area contributed by atoms with Crippen LogP contribution in [-0.4, -0.2) is 25.8 Å². The van der Waals surface area contributed by atoms with Gasteiger partial charge in [0.05, 0.1) is 0 Å². The van der Waals surface area contributed by atoms with Gasteiger partial charge in [0.1, 0.15) is 0 Å². The highest BCUT2D eigenvalue weighted by Crippen LogP contribution is 2.19. The number of ether oxygens (including phenoxy) is 1. The van der Waals surface area contributed by atoms with Gasteiger partial charge < -0.3 is 10.1 Å². The summed E-state index contributed by atoms with van der Waals surface area (Å²) in [7, 11) is 0. The molecule has 1 aliphatic heterocycles. The number of rotatable bonds is 6. The van der Waals surface area contributed by atoms with Crippen molar-refractivity contribution in [2.24, 2.45) is 5.92 Å². The van der Waals surface area contributed by atoms with Gasteiger partial charge in [0.2, 0.25) is 0 Å². The first kappa shape index (κ1) is 11.2. The first-order chi connectivity index (χ1) is 7.45. The van der Waals surface area contributed by atoms with E-state index in [4.69, 9.17) is 4.74 Å². The summed E-state index contributed by atoms with van der Waals surface area (Å²) in [5.41, 5.74) is 0. The number of hydrogen-bond donors (Lipinski definition) is 1. The summed E-state index contributed by atoms with van der Waals surface area (Å²) in [6.07, 6.45) is 12.5. The van der Waals surface area contributed by atoms with E-state index in [9.17, 15) is 0 Å². The van der Waals surface area contributed by atoms with Gasteiger partial charge >= 0.3 is 0 Å². The van der Waals surface area contributed by atoms with Crippen molar-refractivity contribution in [3.05, 3.63) is 12.2 Å². The van der Waals surface area contributed by atoms with Crippen molar-refractivity contribution < 1.29 is 4.74 Å². The SMILES string of the molecule is C(=CCC1CCOCC1)CCNC1CC1. The minimum Gasteiger partial charge on any atom is -0.381 e. The van der Waals surface area contributed by atoms with E-state index in [0.29, 0.717) is 0 Å². The summed E-state index contributed by atoms with van der Waals surface area (Å²) in [5.74, 6) is 0.881. The summed E-state index contributed by atoms with van der Waals surface area (Å²) >= 11 is 0. The largest absolute Gasteiger partial charge is 0.381 e. The lowest BCUT2D eigenvalue weighted by atomic mass is 9.96. The second-order valence-corrected chi connectivity index (χ2v) is 4.78. The molecule has 2 aliphatic rings. The third-order valence-electron chi connectivity index (χ3n) is 3.30. The van der Waals surface area contributed by atoms with Crippen molar-refractivity contribution in [3.63, 3.8) is 0 Å². The first-order valence-corrected chi connectivity index (χ1v) is 6.41. The van der Waals surface area contributed by atoms with Gasteiger partial charge in [-0.05, 0) is 51.0 Å². The van der Waals surface area contributed by atoms with E-state index in [1.165, 1.54) is 38.5 Å². The second kappa shape index (κ2) is 6.29. The molecule has 2 heteroatoms. The van der Waals surface area contributed by atoms with E-state index < -0.39 is 0 Å². The Balaban J connectivity index is 1.46. The Kier molecular flexibility index (Phi) is 4.68. The normalized spacial score (nSPS) is 23.7. The van der Waals surface area contributed by atoms with Gasteiger partial charge in [-0.2, -0.15) is 0 Å². The molecule has 86 valence electrons. The molecule has 1 N–H and O–H groups in total. The fourth-order valence-electron chi connectivity index (χ4n) is 2.05. The molecule has 0 amide bonds. The Labute approximate surface area is 93.1 Å².